The van der Waals surface area contributed by atoms with Crippen molar-refractivity contribution in [2.75, 3.05) is 0 Å². The molecule has 2 rings (SSSR count). The quantitative estimate of drug-likeness (QED) is 0.718. The Kier molecular flexibility index (Phi) is 6.64. The largest absolute Gasteiger partial charge is 0.352 e. The fourth-order valence-electron chi connectivity index (χ4n) is 3.29. The normalized spacial score (nSPS) is 17.1. The van der Waals surface area contributed by atoms with Crippen LogP contribution in [0.15, 0.2) is 30.3 Å². The van der Waals surface area contributed by atoms with E-state index < -0.39 is 5.54 Å². The summed E-state index contributed by atoms with van der Waals surface area (Å²) in [7, 11) is 0. The number of nitrogens with one attached hydrogen (secondary N) is 3. The van der Waals surface area contributed by atoms with Crippen LogP contribution in [0.25, 0.3) is 0 Å². The molecule has 3 amide bonds. The molecule has 0 bridgehead atoms. The monoisotopic (exact) mass is 331 g/mol. The van der Waals surface area contributed by atoms with Crippen molar-refractivity contribution in [3.05, 3.63) is 35.9 Å². The molecule has 0 spiro atoms. The smallest absolute Gasteiger partial charge is 0.315 e. The highest BCUT2D eigenvalue weighted by Crippen LogP contribution is 2.30. The summed E-state index contributed by atoms with van der Waals surface area (Å²) >= 11 is 0. The second kappa shape index (κ2) is 8.71. The van der Waals surface area contributed by atoms with Gasteiger partial charge >= 0.3 is 6.03 Å². The van der Waals surface area contributed by atoms with E-state index in [-0.39, 0.29) is 18.0 Å². The third-order valence-electron chi connectivity index (χ3n) is 4.64. The minimum atomic E-state index is -0.761. The molecule has 1 saturated carbocycles. The predicted octanol–water partition coefficient (Wildman–Crippen LogP) is 3.10. The van der Waals surface area contributed by atoms with E-state index in [1.165, 1.54) is 0 Å². The van der Waals surface area contributed by atoms with Crippen LogP contribution in [0.2, 0.25) is 0 Å². The molecule has 3 N–H and O–H groups in total. The van der Waals surface area contributed by atoms with Crippen LogP contribution in [0.3, 0.4) is 0 Å². The Balaban J connectivity index is 1.92. The number of hydrogen-bond donors (Lipinski definition) is 3. The Hall–Kier alpha value is -2.04. The maximum Gasteiger partial charge on any atom is 0.315 e. The van der Waals surface area contributed by atoms with Gasteiger partial charge in [0.15, 0.2) is 0 Å². The summed E-state index contributed by atoms with van der Waals surface area (Å²) in [6.07, 6.45) is 5.32. The van der Waals surface area contributed by atoms with Crippen LogP contribution in [-0.4, -0.2) is 23.5 Å². The molecule has 132 valence electrons. The van der Waals surface area contributed by atoms with Crippen molar-refractivity contribution in [3.63, 3.8) is 0 Å². The molecule has 5 nitrogen and oxygen atoms in total. The molecule has 0 aromatic heterocycles. The number of urea groups is 1. The van der Waals surface area contributed by atoms with Crippen molar-refractivity contribution in [2.45, 2.75) is 70.5 Å². The molecule has 1 aromatic rings. The first-order valence-electron chi connectivity index (χ1n) is 8.96. The van der Waals surface area contributed by atoms with Gasteiger partial charge in [-0.15, -0.1) is 0 Å². The van der Waals surface area contributed by atoms with Gasteiger partial charge in [-0.2, -0.15) is 0 Å². The van der Waals surface area contributed by atoms with Gasteiger partial charge in [-0.1, -0.05) is 56.5 Å². The second-order valence-electron chi connectivity index (χ2n) is 6.75. The zero-order valence-electron chi connectivity index (χ0n) is 14.7. The van der Waals surface area contributed by atoms with E-state index in [9.17, 15) is 9.59 Å². The lowest BCUT2D eigenvalue weighted by Crippen LogP contribution is -2.60. The molecule has 1 aromatic carbocycles. The van der Waals surface area contributed by atoms with Gasteiger partial charge < -0.3 is 16.0 Å². The van der Waals surface area contributed by atoms with Crippen molar-refractivity contribution in [1.29, 1.82) is 0 Å². The summed E-state index contributed by atoms with van der Waals surface area (Å²) in [4.78, 5) is 25.0. The average Bonchev–Trinajstić information content (AvgIpc) is 3.04. The Morgan fingerprint density at radius 3 is 2.46 bits per heavy atom. The molecule has 0 radical (unpaired) electrons. The molecule has 1 atom stereocenters. The Labute approximate surface area is 144 Å². The standard InChI is InChI=1S/C19H29N3O2/c1-3-9-15(2)21-17(23)19(12-7-8-13-19)22-18(24)20-14-16-10-5-4-6-11-16/h4-6,10-11,15H,3,7-9,12-14H2,1-2H3,(H,21,23)(H2,20,22,24)/t15-/m0/s1. The number of hydrogen-bond acceptors (Lipinski definition) is 2. The van der Waals surface area contributed by atoms with E-state index in [1.54, 1.807) is 0 Å². The highest BCUT2D eigenvalue weighted by Gasteiger charge is 2.42. The Morgan fingerprint density at radius 1 is 1.17 bits per heavy atom. The van der Waals surface area contributed by atoms with Gasteiger partial charge in [0.1, 0.15) is 5.54 Å². The van der Waals surface area contributed by atoms with Crippen molar-refractivity contribution >= 4 is 11.9 Å². The van der Waals surface area contributed by atoms with Crippen LogP contribution in [-0.2, 0) is 11.3 Å². The number of amides is 3. The molecule has 0 unspecified atom stereocenters. The summed E-state index contributed by atoms with van der Waals surface area (Å²) in [5.74, 6) is -0.0455. The predicted molar refractivity (Wildman–Crippen MR) is 95.5 cm³/mol. The first-order chi connectivity index (χ1) is 11.6. The van der Waals surface area contributed by atoms with E-state index in [2.05, 4.69) is 22.9 Å². The van der Waals surface area contributed by atoms with E-state index in [0.29, 0.717) is 19.4 Å². The lowest BCUT2D eigenvalue weighted by molar-refractivity contribution is -0.127. The summed E-state index contributed by atoms with van der Waals surface area (Å²) in [5, 5.41) is 8.86. The van der Waals surface area contributed by atoms with Gasteiger partial charge in [0.05, 0.1) is 0 Å². The van der Waals surface area contributed by atoms with Crippen molar-refractivity contribution in [3.8, 4) is 0 Å². The molecule has 24 heavy (non-hydrogen) atoms. The highest BCUT2D eigenvalue weighted by atomic mass is 16.2. The van der Waals surface area contributed by atoms with Crippen LogP contribution >= 0.6 is 0 Å². The lowest BCUT2D eigenvalue weighted by atomic mass is 9.95. The summed E-state index contributed by atoms with van der Waals surface area (Å²) in [5.41, 5.74) is 0.275. The number of carbonyl (C=O) groups excluding carboxylic acids is 2. The second-order valence-corrected chi connectivity index (χ2v) is 6.75. The van der Waals surface area contributed by atoms with Gasteiger partial charge in [-0.05, 0) is 31.7 Å². The van der Waals surface area contributed by atoms with E-state index >= 15 is 0 Å². The van der Waals surface area contributed by atoms with E-state index in [4.69, 9.17) is 0 Å². The van der Waals surface area contributed by atoms with Crippen LogP contribution < -0.4 is 16.0 Å². The molecule has 0 aliphatic heterocycles. The maximum absolute atomic E-state index is 12.7. The maximum atomic E-state index is 12.7. The Bertz CT molecular complexity index is 539. The van der Waals surface area contributed by atoms with E-state index in [0.717, 1.165) is 31.2 Å². The lowest BCUT2D eigenvalue weighted by Gasteiger charge is -2.30. The molecule has 0 saturated heterocycles. The van der Waals surface area contributed by atoms with Crippen molar-refractivity contribution in [2.24, 2.45) is 0 Å². The molecule has 5 heteroatoms. The zero-order chi connectivity index (χ0) is 17.4. The molecular weight excluding hydrogens is 302 g/mol. The Morgan fingerprint density at radius 2 is 1.83 bits per heavy atom. The third kappa shape index (κ3) is 4.98. The van der Waals surface area contributed by atoms with Gasteiger partial charge in [-0.3, -0.25) is 4.79 Å². The minimum Gasteiger partial charge on any atom is -0.352 e. The highest BCUT2D eigenvalue weighted by molar-refractivity contribution is 5.91. The summed E-state index contributed by atoms with van der Waals surface area (Å²) in [6.45, 7) is 4.57. The van der Waals surface area contributed by atoms with Gasteiger partial charge in [0, 0.05) is 12.6 Å². The summed E-state index contributed by atoms with van der Waals surface area (Å²) < 4.78 is 0. The van der Waals surface area contributed by atoms with Crippen molar-refractivity contribution in [1.82, 2.24) is 16.0 Å². The van der Waals surface area contributed by atoms with Gasteiger partial charge in [0.25, 0.3) is 0 Å². The average molecular weight is 331 g/mol. The molecule has 1 aliphatic rings. The fraction of sp³-hybridized carbons (Fsp3) is 0.579. The third-order valence-corrected chi connectivity index (χ3v) is 4.64. The number of benzene rings is 1. The molecule has 1 fully saturated rings. The first-order valence-corrected chi connectivity index (χ1v) is 8.96. The first kappa shape index (κ1) is 18.3. The van der Waals surface area contributed by atoms with Crippen LogP contribution in [0, 0.1) is 0 Å². The van der Waals surface area contributed by atoms with E-state index in [1.807, 2.05) is 37.3 Å². The fourth-order valence-corrected chi connectivity index (χ4v) is 3.29. The SMILES string of the molecule is CCC[C@H](C)NC(=O)C1(NC(=O)NCc2ccccc2)CCCC1. The topological polar surface area (TPSA) is 70.2 Å². The number of carbonyl (C=O) groups is 2. The summed E-state index contributed by atoms with van der Waals surface area (Å²) in [6, 6.07) is 9.61. The minimum absolute atomic E-state index is 0.0455. The van der Waals surface area contributed by atoms with Crippen molar-refractivity contribution < 1.29 is 9.59 Å². The molecular formula is C19H29N3O2. The molecule has 0 heterocycles. The molecule has 1 aliphatic carbocycles. The number of rotatable bonds is 7. The zero-order valence-corrected chi connectivity index (χ0v) is 14.7. The van der Waals surface area contributed by atoms with Gasteiger partial charge in [0.2, 0.25) is 5.91 Å². The van der Waals surface area contributed by atoms with Crippen LogP contribution in [0.5, 0.6) is 0 Å². The van der Waals surface area contributed by atoms with Gasteiger partial charge in [-0.25, -0.2) is 4.79 Å². The van der Waals surface area contributed by atoms with Crippen LogP contribution in [0.1, 0.15) is 57.9 Å². The van der Waals surface area contributed by atoms with Crippen LogP contribution in [0.4, 0.5) is 4.79 Å².